The van der Waals surface area contributed by atoms with Crippen molar-refractivity contribution in [1.82, 2.24) is 4.98 Å². The number of anilines is 1. The van der Waals surface area contributed by atoms with E-state index in [0.717, 1.165) is 16.7 Å². The van der Waals surface area contributed by atoms with Crippen LogP contribution in [0.15, 0.2) is 64.3 Å². The van der Waals surface area contributed by atoms with E-state index in [1.165, 1.54) is 6.07 Å². The number of nitrogens with one attached hydrogen (secondary N) is 2. The molecule has 0 aliphatic heterocycles. The van der Waals surface area contributed by atoms with Gasteiger partial charge in [-0.1, -0.05) is 35.6 Å². The lowest BCUT2D eigenvalue weighted by atomic mass is 10.1. The molecule has 0 unspecified atom stereocenters. The highest BCUT2D eigenvalue weighted by Crippen LogP contribution is 2.32. The van der Waals surface area contributed by atoms with Gasteiger partial charge in [-0.25, -0.2) is 8.42 Å². The van der Waals surface area contributed by atoms with Crippen molar-refractivity contribution in [3.63, 3.8) is 0 Å². The normalized spacial score (nSPS) is 11.7. The Kier molecular flexibility index (Phi) is 3.93. The Balaban J connectivity index is 1.81. The molecule has 1 aromatic heterocycles. The van der Waals surface area contributed by atoms with Crippen LogP contribution in [0.1, 0.15) is 0 Å². The van der Waals surface area contributed by atoms with Gasteiger partial charge in [0.15, 0.2) is 0 Å². The molecule has 0 saturated carbocycles. The number of aromatic amines is 1. The maximum atomic E-state index is 12.9. The first-order valence-corrected chi connectivity index (χ1v) is 9.99. The fourth-order valence-electron chi connectivity index (χ4n) is 2.88. The topological polar surface area (TPSA) is 88.3 Å². The third-order valence-corrected chi connectivity index (χ3v) is 6.31. The number of sulfonamides is 1. The zero-order valence-corrected chi connectivity index (χ0v) is 15.3. The summed E-state index contributed by atoms with van der Waals surface area (Å²) >= 11 is 1.03. The van der Waals surface area contributed by atoms with Crippen molar-refractivity contribution < 1.29 is 13.2 Å². The first-order valence-electron chi connectivity index (χ1n) is 7.69. The maximum absolute atomic E-state index is 12.9. The van der Waals surface area contributed by atoms with Gasteiger partial charge < -0.3 is 9.72 Å². The third kappa shape index (κ3) is 2.83. The highest BCUT2D eigenvalue weighted by Gasteiger charge is 2.19. The van der Waals surface area contributed by atoms with Crippen LogP contribution in [0.5, 0.6) is 5.75 Å². The zero-order valence-electron chi connectivity index (χ0n) is 13.6. The lowest BCUT2D eigenvalue weighted by Crippen LogP contribution is -2.13. The number of H-pyrrole nitrogens is 1. The predicted octanol–water partition coefficient (Wildman–Crippen LogP) is 3.55. The molecule has 4 aromatic rings. The van der Waals surface area contributed by atoms with Gasteiger partial charge in [0.25, 0.3) is 10.0 Å². The number of benzene rings is 3. The van der Waals surface area contributed by atoms with E-state index in [9.17, 15) is 13.2 Å². The summed E-state index contributed by atoms with van der Waals surface area (Å²) in [5.41, 5.74) is 1.07. The van der Waals surface area contributed by atoms with Crippen molar-refractivity contribution >= 4 is 48.0 Å². The van der Waals surface area contributed by atoms with Crippen molar-refractivity contribution in [2.45, 2.75) is 4.90 Å². The Hall–Kier alpha value is -2.84. The van der Waals surface area contributed by atoms with Gasteiger partial charge >= 0.3 is 4.87 Å². The van der Waals surface area contributed by atoms with Crippen LogP contribution < -0.4 is 14.3 Å². The second-order valence-electron chi connectivity index (χ2n) is 5.64. The molecule has 1 heterocycles. The van der Waals surface area contributed by atoms with E-state index in [1.807, 2.05) is 12.1 Å². The molecule has 0 bridgehead atoms. The molecule has 0 radical (unpaired) electrons. The summed E-state index contributed by atoms with van der Waals surface area (Å²) in [7, 11) is -2.27. The van der Waals surface area contributed by atoms with E-state index in [1.54, 1.807) is 43.5 Å². The SMILES string of the molecule is COc1ccc(S(=O)(=O)Nc2ccc3[nH]c(=O)sc3c2)c2ccccc12. The Morgan fingerprint density at radius 3 is 2.58 bits per heavy atom. The number of thiazole rings is 1. The van der Waals surface area contributed by atoms with Crippen LogP contribution in [0.3, 0.4) is 0 Å². The minimum Gasteiger partial charge on any atom is -0.496 e. The maximum Gasteiger partial charge on any atom is 0.305 e. The summed E-state index contributed by atoms with van der Waals surface area (Å²) in [5, 5.41) is 1.30. The summed E-state index contributed by atoms with van der Waals surface area (Å²) in [6, 6.07) is 15.3. The summed E-state index contributed by atoms with van der Waals surface area (Å²) in [4.78, 5) is 14.1. The Morgan fingerprint density at radius 1 is 1.04 bits per heavy atom. The molecule has 0 aliphatic carbocycles. The van der Waals surface area contributed by atoms with Crippen LogP contribution in [0.4, 0.5) is 5.69 Å². The van der Waals surface area contributed by atoms with Gasteiger partial charge in [0.05, 0.1) is 27.9 Å². The van der Waals surface area contributed by atoms with E-state index in [2.05, 4.69) is 9.71 Å². The van der Waals surface area contributed by atoms with Crippen molar-refractivity contribution in [2.24, 2.45) is 0 Å². The van der Waals surface area contributed by atoms with Gasteiger partial charge in [0, 0.05) is 10.8 Å². The van der Waals surface area contributed by atoms with E-state index >= 15 is 0 Å². The van der Waals surface area contributed by atoms with E-state index in [4.69, 9.17) is 4.74 Å². The fourth-order valence-corrected chi connectivity index (χ4v) is 4.91. The summed E-state index contributed by atoms with van der Waals surface area (Å²) in [6.45, 7) is 0. The molecular weight excluding hydrogens is 372 g/mol. The quantitative estimate of drug-likeness (QED) is 0.561. The van der Waals surface area contributed by atoms with Gasteiger partial charge in [0.2, 0.25) is 0 Å². The number of rotatable bonds is 4. The molecule has 8 heteroatoms. The number of hydrogen-bond acceptors (Lipinski definition) is 5. The average Bonchev–Trinajstić information content (AvgIpc) is 2.99. The van der Waals surface area contributed by atoms with Crippen LogP contribution in [-0.2, 0) is 10.0 Å². The van der Waals surface area contributed by atoms with Crippen LogP contribution in [0.2, 0.25) is 0 Å². The second-order valence-corrected chi connectivity index (χ2v) is 8.31. The molecule has 0 spiro atoms. The average molecular weight is 386 g/mol. The summed E-state index contributed by atoms with van der Waals surface area (Å²) in [6.07, 6.45) is 0. The van der Waals surface area contributed by atoms with E-state index in [0.29, 0.717) is 27.0 Å². The van der Waals surface area contributed by atoms with Crippen LogP contribution >= 0.6 is 11.3 Å². The van der Waals surface area contributed by atoms with Crippen LogP contribution in [0.25, 0.3) is 21.0 Å². The molecular formula is C18H14N2O4S2. The minimum absolute atomic E-state index is 0.163. The first kappa shape index (κ1) is 16.6. The van der Waals surface area contributed by atoms with Crippen LogP contribution in [-0.4, -0.2) is 20.5 Å². The molecule has 3 aromatic carbocycles. The standard InChI is InChI=1S/C18H14N2O4S2/c1-24-15-8-9-17(13-5-3-2-4-12(13)15)26(22,23)20-11-6-7-14-16(10-11)25-18(21)19-14/h2-10,20H,1H3,(H,19,21). The molecule has 6 nitrogen and oxygen atoms in total. The number of aromatic nitrogens is 1. The van der Waals surface area contributed by atoms with Gasteiger partial charge in [-0.05, 0) is 30.3 Å². The van der Waals surface area contributed by atoms with E-state index < -0.39 is 10.0 Å². The van der Waals surface area contributed by atoms with Crippen molar-refractivity contribution in [3.8, 4) is 5.75 Å². The number of ether oxygens (including phenoxy) is 1. The molecule has 0 aliphatic rings. The van der Waals surface area contributed by atoms with Gasteiger partial charge in [-0.2, -0.15) is 0 Å². The number of methoxy groups -OCH3 is 1. The summed E-state index contributed by atoms with van der Waals surface area (Å²) in [5.74, 6) is 0.609. The number of fused-ring (bicyclic) bond motifs is 2. The monoisotopic (exact) mass is 386 g/mol. The van der Waals surface area contributed by atoms with E-state index in [-0.39, 0.29) is 9.77 Å². The molecule has 26 heavy (non-hydrogen) atoms. The van der Waals surface area contributed by atoms with Crippen molar-refractivity contribution in [3.05, 3.63) is 64.3 Å². The highest BCUT2D eigenvalue weighted by atomic mass is 32.2. The molecule has 0 amide bonds. The van der Waals surface area contributed by atoms with Gasteiger partial charge in [-0.15, -0.1) is 0 Å². The second kappa shape index (κ2) is 6.15. The lowest BCUT2D eigenvalue weighted by Gasteiger charge is -2.12. The Bertz CT molecular complexity index is 1290. The number of hydrogen-bond donors (Lipinski definition) is 2. The smallest absolute Gasteiger partial charge is 0.305 e. The van der Waals surface area contributed by atoms with Crippen LogP contribution in [0, 0.1) is 0 Å². The third-order valence-electron chi connectivity index (χ3n) is 4.03. The summed E-state index contributed by atoms with van der Waals surface area (Å²) < 4.78 is 34.5. The molecule has 2 N–H and O–H groups in total. The fraction of sp³-hybridized carbons (Fsp3) is 0.0556. The molecule has 0 atom stereocenters. The predicted molar refractivity (Wildman–Crippen MR) is 104 cm³/mol. The lowest BCUT2D eigenvalue weighted by molar-refractivity contribution is 0.419. The zero-order chi connectivity index (χ0) is 18.3. The molecule has 4 rings (SSSR count). The van der Waals surface area contributed by atoms with Crippen molar-refractivity contribution in [2.75, 3.05) is 11.8 Å². The molecule has 132 valence electrons. The first-order chi connectivity index (χ1) is 12.5. The Morgan fingerprint density at radius 2 is 1.81 bits per heavy atom. The Labute approximate surface area is 153 Å². The molecule has 0 fully saturated rings. The minimum atomic E-state index is -3.82. The van der Waals surface area contributed by atoms with Gasteiger partial charge in [-0.3, -0.25) is 9.52 Å². The van der Waals surface area contributed by atoms with Crippen molar-refractivity contribution in [1.29, 1.82) is 0 Å². The molecule has 0 saturated heterocycles. The largest absolute Gasteiger partial charge is 0.496 e. The highest BCUT2D eigenvalue weighted by molar-refractivity contribution is 7.93. The van der Waals surface area contributed by atoms with Gasteiger partial charge in [0.1, 0.15) is 5.75 Å².